The van der Waals surface area contributed by atoms with Crippen molar-refractivity contribution in [1.29, 1.82) is 0 Å². The van der Waals surface area contributed by atoms with Crippen LogP contribution in [0.4, 0.5) is 11.4 Å². The summed E-state index contributed by atoms with van der Waals surface area (Å²) in [5, 5.41) is 18.7. The van der Waals surface area contributed by atoms with Crippen molar-refractivity contribution >= 4 is 39.2 Å². The van der Waals surface area contributed by atoms with Crippen molar-refractivity contribution < 1.29 is 19.7 Å². The number of nitrogens with zero attached hydrogens (tertiary/aromatic N) is 4. The number of ether oxygens (including phenoxy) is 1. The van der Waals surface area contributed by atoms with Crippen molar-refractivity contribution in [2.75, 3.05) is 62.4 Å². The summed E-state index contributed by atoms with van der Waals surface area (Å²) in [5.74, 6) is 1.53. The summed E-state index contributed by atoms with van der Waals surface area (Å²) in [6.45, 7) is 4.22. The molecule has 46 heavy (non-hydrogen) atoms. The number of carbonyl (C=O) groups excluding carboxylic acids is 1. The topological polar surface area (TPSA) is 131 Å². The number of ketones is 1. The van der Waals surface area contributed by atoms with Crippen molar-refractivity contribution in [3.8, 4) is 22.8 Å². The molecule has 1 fully saturated rings. The van der Waals surface area contributed by atoms with Crippen LogP contribution < -0.4 is 9.80 Å². The number of rotatable bonds is 11. The molecule has 6 aromatic rings. The predicted octanol–water partition coefficient (Wildman–Crippen LogP) is 4.83. The summed E-state index contributed by atoms with van der Waals surface area (Å²) in [7, 11) is 0. The molecule has 7 rings (SSSR count). The fourth-order valence-electron chi connectivity index (χ4n) is 6.00. The summed E-state index contributed by atoms with van der Waals surface area (Å²) in [6, 6.07) is 27.7. The van der Waals surface area contributed by atoms with E-state index in [-0.39, 0.29) is 25.4 Å². The molecule has 0 saturated carbocycles. The molecule has 1 aliphatic heterocycles. The highest BCUT2D eigenvalue weighted by Crippen LogP contribution is 2.27. The molecule has 10 nitrogen and oxygen atoms in total. The Morgan fingerprint density at radius 2 is 1.35 bits per heavy atom. The van der Waals surface area contributed by atoms with Gasteiger partial charge < -0.3 is 34.7 Å². The lowest BCUT2D eigenvalue weighted by Gasteiger charge is -2.28. The van der Waals surface area contributed by atoms with E-state index < -0.39 is 0 Å². The lowest BCUT2D eigenvalue weighted by molar-refractivity contribution is 0.0993. The van der Waals surface area contributed by atoms with Crippen molar-refractivity contribution in [3.05, 3.63) is 96.1 Å². The van der Waals surface area contributed by atoms with E-state index in [1.165, 1.54) is 5.69 Å². The van der Waals surface area contributed by atoms with E-state index in [0.29, 0.717) is 18.7 Å². The SMILES string of the molecule is O=C(Cc1ccc2nc(-c3ccc(N(CCO)CCO)cc3)[nH]c2c1)c1ccc2nc(-c3ccc(N4CCOCC4)cc3)[nH]c2c1. The highest BCUT2D eigenvalue weighted by molar-refractivity contribution is 6.00. The Hall–Kier alpha value is -5.03. The molecule has 3 heterocycles. The largest absolute Gasteiger partial charge is 0.395 e. The first-order valence-corrected chi connectivity index (χ1v) is 15.6. The molecule has 1 aliphatic rings. The van der Waals surface area contributed by atoms with Gasteiger partial charge in [-0.1, -0.05) is 6.07 Å². The monoisotopic (exact) mass is 616 g/mol. The molecule has 2 aromatic heterocycles. The number of aliphatic hydroxyl groups excluding tert-OH is 2. The zero-order valence-electron chi connectivity index (χ0n) is 25.4. The first-order valence-electron chi connectivity index (χ1n) is 15.6. The van der Waals surface area contributed by atoms with Crippen LogP contribution in [0, 0.1) is 0 Å². The van der Waals surface area contributed by atoms with Crippen LogP contribution in [0.3, 0.4) is 0 Å². The summed E-state index contributed by atoms with van der Waals surface area (Å²) in [5.41, 5.74) is 8.88. The van der Waals surface area contributed by atoms with E-state index in [4.69, 9.17) is 14.7 Å². The first kappa shape index (κ1) is 29.7. The summed E-state index contributed by atoms with van der Waals surface area (Å²) >= 11 is 0. The molecule has 10 heteroatoms. The number of aliphatic hydroxyl groups is 2. The maximum Gasteiger partial charge on any atom is 0.167 e. The number of imidazole rings is 2. The Morgan fingerprint density at radius 3 is 1.98 bits per heavy atom. The van der Waals surface area contributed by atoms with Gasteiger partial charge in [-0.15, -0.1) is 0 Å². The normalized spacial score (nSPS) is 13.5. The third kappa shape index (κ3) is 6.23. The number of hydrogen-bond acceptors (Lipinski definition) is 8. The van der Waals surface area contributed by atoms with E-state index in [0.717, 1.165) is 82.4 Å². The molecule has 4 aromatic carbocycles. The second kappa shape index (κ2) is 13.1. The number of Topliss-reactive ketones (excluding diaryl/α,β-unsaturated/α-hetero) is 1. The number of morpholine rings is 1. The van der Waals surface area contributed by atoms with Gasteiger partial charge >= 0.3 is 0 Å². The maximum atomic E-state index is 13.4. The number of fused-ring (bicyclic) bond motifs is 2. The number of aromatic nitrogens is 4. The van der Waals surface area contributed by atoms with Gasteiger partial charge in [0, 0.05) is 60.7 Å². The zero-order chi connectivity index (χ0) is 31.5. The van der Waals surface area contributed by atoms with E-state index in [9.17, 15) is 15.0 Å². The van der Waals surface area contributed by atoms with Gasteiger partial charge in [0.15, 0.2) is 5.78 Å². The van der Waals surface area contributed by atoms with E-state index in [2.05, 4.69) is 39.1 Å². The molecular weight excluding hydrogens is 580 g/mol. The predicted molar refractivity (Wildman–Crippen MR) is 181 cm³/mol. The number of benzene rings is 4. The number of carbonyl (C=O) groups is 1. The Morgan fingerprint density at radius 1 is 0.761 bits per heavy atom. The number of nitrogens with one attached hydrogen (secondary N) is 2. The second-order valence-electron chi connectivity index (χ2n) is 11.5. The Bertz CT molecular complexity index is 1950. The van der Waals surface area contributed by atoms with Gasteiger partial charge in [0.1, 0.15) is 11.6 Å². The van der Waals surface area contributed by atoms with Crippen molar-refractivity contribution in [3.63, 3.8) is 0 Å². The van der Waals surface area contributed by atoms with Gasteiger partial charge in [-0.3, -0.25) is 4.79 Å². The third-order valence-electron chi connectivity index (χ3n) is 8.48. The van der Waals surface area contributed by atoms with Gasteiger partial charge in [0.05, 0.1) is 48.5 Å². The van der Waals surface area contributed by atoms with Crippen LogP contribution in [0.2, 0.25) is 0 Å². The number of H-pyrrole nitrogens is 2. The molecule has 0 bridgehead atoms. The van der Waals surface area contributed by atoms with Crippen LogP contribution in [0.1, 0.15) is 15.9 Å². The molecule has 1 saturated heterocycles. The molecule has 0 amide bonds. The molecule has 0 unspecified atom stereocenters. The zero-order valence-corrected chi connectivity index (χ0v) is 25.4. The van der Waals surface area contributed by atoms with Crippen LogP contribution in [-0.2, 0) is 11.2 Å². The maximum absolute atomic E-state index is 13.4. The van der Waals surface area contributed by atoms with Crippen LogP contribution in [0.5, 0.6) is 0 Å². The van der Waals surface area contributed by atoms with Gasteiger partial charge in [-0.25, -0.2) is 9.97 Å². The highest BCUT2D eigenvalue weighted by Gasteiger charge is 2.15. The summed E-state index contributed by atoms with van der Waals surface area (Å²) in [4.78, 5) is 33.9. The summed E-state index contributed by atoms with van der Waals surface area (Å²) < 4.78 is 5.46. The molecular formula is C36H36N6O4. The number of hydrogen-bond donors (Lipinski definition) is 4. The van der Waals surface area contributed by atoms with Crippen molar-refractivity contribution in [1.82, 2.24) is 19.9 Å². The van der Waals surface area contributed by atoms with Gasteiger partial charge in [-0.2, -0.15) is 0 Å². The van der Waals surface area contributed by atoms with Gasteiger partial charge in [-0.05, 0) is 84.4 Å². The van der Waals surface area contributed by atoms with E-state index in [1.54, 1.807) is 0 Å². The fraction of sp³-hybridized carbons (Fsp3) is 0.250. The van der Waals surface area contributed by atoms with Gasteiger partial charge in [0.25, 0.3) is 0 Å². The molecule has 0 aliphatic carbocycles. The van der Waals surface area contributed by atoms with Crippen LogP contribution in [-0.4, -0.2) is 88.5 Å². The Labute approximate surface area is 266 Å². The first-order chi connectivity index (χ1) is 22.6. The highest BCUT2D eigenvalue weighted by atomic mass is 16.5. The average Bonchev–Trinajstić information content (AvgIpc) is 3.73. The van der Waals surface area contributed by atoms with Crippen LogP contribution >= 0.6 is 0 Å². The molecule has 234 valence electrons. The Kier molecular flexibility index (Phi) is 8.47. The van der Waals surface area contributed by atoms with Crippen LogP contribution in [0.25, 0.3) is 44.8 Å². The quantitative estimate of drug-likeness (QED) is 0.152. The smallest absolute Gasteiger partial charge is 0.167 e. The van der Waals surface area contributed by atoms with Gasteiger partial charge in [0.2, 0.25) is 0 Å². The molecule has 4 N–H and O–H groups in total. The summed E-state index contributed by atoms with van der Waals surface area (Å²) in [6.07, 6.45) is 0.264. The fourth-order valence-corrected chi connectivity index (χ4v) is 6.00. The second-order valence-corrected chi connectivity index (χ2v) is 11.5. The minimum atomic E-state index is 0.0140. The lowest BCUT2D eigenvalue weighted by Crippen LogP contribution is -2.36. The molecule has 0 spiro atoms. The minimum Gasteiger partial charge on any atom is -0.395 e. The minimum absolute atomic E-state index is 0.0140. The Balaban J connectivity index is 1.04. The number of aromatic amines is 2. The average molecular weight is 617 g/mol. The molecule has 0 atom stereocenters. The number of anilines is 2. The standard InChI is InChI=1S/C36H36N6O4/c43-17-13-41(14-18-44)28-7-2-25(3-8-28)35-37-30-11-1-24(21-32(30)39-35)22-34(45)27-6-12-31-33(23-27)40-36(38-31)26-4-9-29(10-5-26)42-15-19-46-20-16-42/h1-12,21,23,43-44H,13-20,22H2,(H,37,39)(H,38,40). The van der Waals surface area contributed by atoms with Crippen molar-refractivity contribution in [2.45, 2.75) is 6.42 Å². The molecule has 0 radical (unpaired) electrons. The van der Waals surface area contributed by atoms with Crippen molar-refractivity contribution in [2.24, 2.45) is 0 Å². The van der Waals surface area contributed by atoms with E-state index in [1.807, 2.05) is 65.6 Å². The van der Waals surface area contributed by atoms with E-state index >= 15 is 0 Å². The third-order valence-corrected chi connectivity index (χ3v) is 8.48. The van der Waals surface area contributed by atoms with Crippen LogP contribution in [0.15, 0.2) is 84.9 Å². The lowest BCUT2D eigenvalue weighted by atomic mass is 10.0.